The van der Waals surface area contributed by atoms with E-state index in [1.807, 2.05) is 12.1 Å². The molecular weight excluding hydrogens is 206 g/mol. The Bertz CT molecular complexity index is 485. The lowest BCUT2D eigenvalue weighted by molar-refractivity contribution is 0.0605. The van der Waals surface area contributed by atoms with Crippen molar-refractivity contribution in [1.82, 2.24) is 5.32 Å². The first-order valence-electron chi connectivity index (χ1n) is 5.19. The number of β-amino-alcohol motifs (C(OH)–C–C–N with tert-alkyl or cyclic N) is 1. The minimum absolute atomic E-state index is 0.662. The van der Waals surface area contributed by atoms with Gasteiger partial charge in [0, 0.05) is 16.8 Å². The van der Waals surface area contributed by atoms with Crippen LogP contribution in [0.1, 0.15) is 12.0 Å². The quantitative estimate of drug-likeness (QED) is 0.769. The first-order chi connectivity index (χ1) is 7.30. The molecule has 1 aliphatic rings. The van der Waals surface area contributed by atoms with Crippen molar-refractivity contribution in [2.45, 2.75) is 12.0 Å². The third-order valence-corrected chi connectivity index (χ3v) is 4.08. The molecule has 78 valence electrons. The SMILES string of the molecule is OC1(c2cccc3ccsc23)CCNC1. The molecule has 2 nitrogen and oxygen atoms in total. The zero-order chi connectivity index (χ0) is 10.3. The highest BCUT2D eigenvalue weighted by Crippen LogP contribution is 2.35. The van der Waals surface area contributed by atoms with Crippen molar-refractivity contribution in [2.75, 3.05) is 13.1 Å². The molecule has 1 saturated heterocycles. The van der Waals surface area contributed by atoms with Crippen molar-refractivity contribution in [1.29, 1.82) is 0 Å². The molecule has 0 radical (unpaired) electrons. The minimum atomic E-state index is -0.662. The predicted molar refractivity (Wildman–Crippen MR) is 63.2 cm³/mol. The Morgan fingerprint density at radius 2 is 2.27 bits per heavy atom. The Kier molecular flexibility index (Phi) is 2.06. The van der Waals surface area contributed by atoms with Crippen LogP contribution in [0.4, 0.5) is 0 Å². The van der Waals surface area contributed by atoms with Crippen molar-refractivity contribution < 1.29 is 5.11 Å². The van der Waals surface area contributed by atoms with Crippen LogP contribution in [-0.2, 0) is 5.60 Å². The number of thiophene rings is 1. The predicted octanol–water partition coefficient (Wildman–Crippen LogP) is 2.08. The summed E-state index contributed by atoms with van der Waals surface area (Å²) in [6, 6.07) is 8.28. The fourth-order valence-corrected chi connectivity index (χ4v) is 3.28. The zero-order valence-corrected chi connectivity index (χ0v) is 9.18. The van der Waals surface area contributed by atoms with Gasteiger partial charge in [-0.3, -0.25) is 0 Å². The summed E-state index contributed by atoms with van der Waals surface area (Å²) in [5, 5.41) is 17.1. The van der Waals surface area contributed by atoms with Gasteiger partial charge in [-0.15, -0.1) is 11.3 Å². The number of fused-ring (bicyclic) bond motifs is 1. The molecule has 0 saturated carbocycles. The molecule has 0 spiro atoms. The second-order valence-electron chi connectivity index (χ2n) is 4.10. The fourth-order valence-electron chi connectivity index (χ4n) is 2.27. The van der Waals surface area contributed by atoms with E-state index in [0.717, 1.165) is 18.5 Å². The van der Waals surface area contributed by atoms with Gasteiger partial charge in [0.25, 0.3) is 0 Å². The van der Waals surface area contributed by atoms with E-state index >= 15 is 0 Å². The lowest BCUT2D eigenvalue weighted by atomic mass is 9.92. The summed E-state index contributed by atoms with van der Waals surface area (Å²) in [5.41, 5.74) is 0.421. The van der Waals surface area contributed by atoms with Gasteiger partial charge in [-0.1, -0.05) is 18.2 Å². The summed E-state index contributed by atoms with van der Waals surface area (Å²) >= 11 is 1.71. The Labute approximate surface area is 92.6 Å². The maximum absolute atomic E-state index is 10.5. The molecule has 2 heterocycles. The summed E-state index contributed by atoms with van der Waals surface area (Å²) in [5.74, 6) is 0. The lowest BCUT2D eigenvalue weighted by Gasteiger charge is -2.22. The van der Waals surface area contributed by atoms with Gasteiger partial charge in [0.2, 0.25) is 0 Å². The molecule has 0 bridgehead atoms. The average Bonchev–Trinajstić information content (AvgIpc) is 2.85. The zero-order valence-electron chi connectivity index (χ0n) is 8.36. The van der Waals surface area contributed by atoms with Crippen LogP contribution in [0.15, 0.2) is 29.6 Å². The van der Waals surface area contributed by atoms with Gasteiger partial charge in [0.1, 0.15) is 5.60 Å². The molecule has 1 aliphatic heterocycles. The smallest absolute Gasteiger partial charge is 0.105 e. The van der Waals surface area contributed by atoms with Crippen LogP contribution in [-0.4, -0.2) is 18.2 Å². The largest absolute Gasteiger partial charge is 0.384 e. The minimum Gasteiger partial charge on any atom is -0.384 e. The molecule has 3 rings (SSSR count). The van der Waals surface area contributed by atoms with Crippen LogP contribution < -0.4 is 5.32 Å². The molecule has 2 aromatic rings. The summed E-state index contributed by atoms with van der Waals surface area (Å²) in [6.07, 6.45) is 0.810. The topological polar surface area (TPSA) is 32.3 Å². The summed E-state index contributed by atoms with van der Waals surface area (Å²) in [4.78, 5) is 0. The number of rotatable bonds is 1. The molecule has 15 heavy (non-hydrogen) atoms. The van der Waals surface area contributed by atoms with Crippen molar-refractivity contribution >= 4 is 21.4 Å². The van der Waals surface area contributed by atoms with Gasteiger partial charge in [0.05, 0.1) is 0 Å². The Balaban J connectivity index is 2.21. The Hall–Kier alpha value is -0.900. The van der Waals surface area contributed by atoms with Crippen molar-refractivity contribution in [3.05, 3.63) is 35.2 Å². The van der Waals surface area contributed by atoms with Gasteiger partial charge in [0.15, 0.2) is 0 Å². The average molecular weight is 219 g/mol. The van der Waals surface area contributed by atoms with Gasteiger partial charge in [-0.05, 0) is 29.8 Å². The lowest BCUT2D eigenvalue weighted by Crippen LogP contribution is -2.28. The first-order valence-corrected chi connectivity index (χ1v) is 6.07. The van der Waals surface area contributed by atoms with Gasteiger partial charge in [-0.25, -0.2) is 0 Å². The maximum atomic E-state index is 10.5. The van der Waals surface area contributed by atoms with E-state index in [1.54, 1.807) is 11.3 Å². The summed E-state index contributed by atoms with van der Waals surface area (Å²) in [6.45, 7) is 1.57. The molecule has 1 atom stereocenters. The number of aliphatic hydroxyl groups is 1. The molecule has 2 N–H and O–H groups in total. The van der Waals surface area contributed by atoms with E-state index < -0.39 is 5.60 Å². The van der Waals surface area contributed by atoms with Gasteiger partial charge < -0.3 is 10.4 Å². The Morgan fingerprint density at radius 3 is 3.07 bits per heavy atom. The highest BCUT2D eigenvalue weighted by Gasteiger charge is 2.34. The van der Waals surface area contributed by atoms with Crippen molar-refractivity contribution in [2.24, 2.45) is 0 Å². The fraction of sp³-hybridized carbons (Fsp3) is 0.333. The second-order valence-corrected chi connectivity index (χ2v) is 5.02. The van der Waals surface area contributed by atoms with Crippen LogP contribution in [0.25, 0.3) is 10.1 Å². The van der Waals surface area contributed by atoms with Crippen LogP contribution in [0, 0.1) is 0 Å². The highest BCUT2D eigenvalue weighted by molar-refractivity contribution is 7.17. The van der Waals surface area contributed by atoms with E-state index in [0.29, 0.717) is 6.54 Å². The molecule has 1 aromatic heterocycles. The molecule has 1 fully saturated rings. The van der Waals surface area contributed by atoms with E-state index in [4.69, 9.17) is 0 Å². The molecule has 1 aromatic carbocycles. The Morgan fingerprint density at radius 1 is 1.33 bits per heavy atom. The van der Waals surface area contributed by atoms with Crippen LogP contribution in [0.5, 0.6) is 0 Å². The summed E-state index contributed by atoms with van der Waals surface area (Å²) in [7, 11) is 0. The van der Waals surface area contributed by atoms with E-state index in [-0.39, 0.29) is 0 Å². The first kappa shape index (κ1) is 9.33. The van der Waals surface area contributed by atoms with E-state index in [1.165, 1.54) is 10.1 Å². The van der Waals surface area contributed by atoms with E-state index in [9.17, 15) is 5.11 Å². The second kappa shape index (κ2) is 3.30. The molecule has 0 aliphatic carbocycles. The molecule has 3 heteroatoms. The third-order valence-electron chi connectivity index (χ3n) is 3.11. The summed E-state index contributed by atoms with van der Waals surface area (Å²) < 4.78 is 1.23. The molecule has 0 amide bonds. The number of nitrogens with one attached hydrogen (secondary N) is 1. The number of hydrogen-bond acceptors (Lipinski definition) is 3. The van der Waals surface area contributed by atoms with Crippen molar-refractivity contribution in [3.8, 4) is 0 Å². The normalized spacial score (nSPS) is 26.2. The standard InChI is InChI=1S/C12H13NOS/c14-12(5-6-13-8-12)10-3-1-2-9-4-7-15-11(9)10/h1-4,7,13-14H,5-6,8H2. The monoisotopic (exact) mass is 219 g/mol. The van der Waals surface area contributed by atoms with Crippen molar-refractivity contribution in [3.63, 3.8) is 0 Å². The van der Waals surface area contributed by atoms with Gasteiger partial charge >= 0.3 is 0 Å². The van der Waals surface area contributed by atoms with Crippen LogP contribution in [0.2, 0.25) is 0 Å². The van der Waals surface area contributed by atoms with Gasteiger partial charge in [-0.2, -0.15) is 0 Å². The van der Waals surface area contributed by atoms with Crippen LogP contribution in [0.3, 0.4) is 0 Å². The number of hydrogen-bond donors (Lipinski definition) is 2. The van der Waals surface area contributed by atoms with Crippen LogP contribution >= 0.6 is 11.3 Å². The van der Waals surface area contributed by atoms with E-state index in [2.05, 4.69) is 22.8 Å². The third kappa shape index (κ3) is 1.39. The highest BCUT2D eigenvalue weighted by atomic mass is 32.1. The molecule has 1 unspecified atom stereocenters. The molecular formula is C12H13NOS. The number of benzene rings is 1. The maximum Gasteiger partial charge on any atom is 0.105 e.